The maximum Gasteiger partial charge on any atom is 0.131 e. The van der Waals surface area contributed by atoms with Crippen molar-refractivity contribution in [2.75, 3.05) is 18.0 Å². The lowest BCUT2D eigenvalue weighted by atomic mass is 10.0. The monoisotopic (exact) mass is 226 g/mol. The lowest BCUT2D eigenvalue weighted by Crippen LogP contribution is -2.23. The summed E-state index contributed by atoms with van der Waals surface area (Å²) in [5.74, 6) is 0.372. The fourth-order valence-corrected chi connectivity index (χ4v) is 2.17. The minimum absolute atomic E-state index is 0.229. The third-order valence-corrected chi connectivity index (χ3v) is 3.19. The van der Waals surface area contributed by atoms with Crippen molar-refractivity contribution in [1.82, 2.24) is 4.98 Å². The van der Waals surface area contributed by atoms with Crippen LogP contribution >= 0.6 is 11.6 Å². The minimum atomic E-state index is -0.229. The second-order valence-corrected chi connectivity index (χ2v) is 4.46. The number of hydrogen-bond acceptors (Lipinski definition) is 3. The number of pyridine rings is 1. The third-order valence-electron chi connectivity index (χ3n) is 2.98. The molecular formula is C11H15ClN2O. The Morgan fingerprint density at radius 3 is 3.07 bits per heavy atom. The van der Waals surface area contributed by atoms with E-state index in [2.05, 4.69) is 9.88 Å². The number of aliphatic hydroxyl groups excluding tert-OH is 1. The van der Waals surface area contributed by atoms with E-state index in [4.69, 9.17) is 11.6 Å². The van der Waals surface area contributed by atoms with E-state index in [9.17, 15) is 5.11 Å². The summed E-state index contributed by atoms with van der Waals surface area (Å²) in [6, 6.07) is 3.82. The third kappa shape index (κ3) is 2.41. The summed E-state index contributed by atoms with van der Waals surface area (Å²) in [7, 11) is 0. The summed E-state index contributed by atoms with van der Waals surface area (Å²) < 4.78 is 0. The molecule has 0 aliphatic carbocycles. The quantitative estimate of drug-likeness (QED) is 0.784. The van der Waals surface area contributed by atoms with E-state index in [1.54, 1.807) is 6.20 Å². The summed E-state index contributed by atoms with van der Waals surface area (Å²) in [5, 5.41) is 10.0. The average Bonchev–Trinajstić information content (AvgIpc) is 2.66. The molecule has 1 fully saturated rings. The molecule has 82 valence electrons. The predicted octanol–water partition coefficient (Wildman–Crippen LogP) is 1.94. The van der Waals surface area contributed by atoms with E-state index in [0.717, 1.165) is 25.2 Å². The van der Waals surface area contributed by atoms with Crippen LogP contribution < -0.4 is 4.90 Å². The Morgan fingerprint density at radius 1 is 1.67 bits per heavy atom. The average molecular weight is 227 g/mol. The van der Waals surface area contributed by atoms with Crippen LogP contribution in [-0.2, 0) is 0 Å². The molecule has 0 bridgehead atoms. The summed E-state index contributed by atoms with van der Waals surface area (Å²) in [5.41, 5.74) is 1.10. The van der Waals surface area contributed by atoms with Crippen molar-refractivity contribution in [3.8, 4) is 0 Å². The Balaban J connectivity index is 2.08. The number of nitrogens with zero attached hydrogens (tertiary/aromatic N) is 2. The van der Waals surface area contributed by atoms with E-state index in [-0.39, 0.29) is 6.10 Å². The first kappa shape index (κ1) is 10.7. The first-order valence-electron chi connectivity index (χ1n) is 5.21. The summed E-state index contributed by atoms with van der Waals surface area (Å²) in [6.45, 7) is 3.74. The Bertz CT molecular complexity index is 343. The van der Waals surface area contributed by atoms with Crippen LogP contribution in [0.5, 0.6) is 0 Å². The van der Waals surface area contributed by atoms with Crippen LogP contribution in [0.25, 0.3) is 0 Å². The highest BCUT2D eigenvalue weighted by atomic mass is 35.5. The molecule has 3 nitrogen and oxygen atoms in total. The molecule has 4 heteroatoms. The molecule has 0 aromatic carbocycles. The molecule has 1 saturated heterocycles. The fraction of sp³-hybridized carbons (Fsp3) is 0.545. The molecule has 15 heavy (non-hydrogen) atoms. The van der Waals surface area contributed by atoms with Crippen LogP contribution in [0.15, 0.2) is 18.3 Å². The molecule has 2 rings (SSSR count). The van der Waals surface area contributed by atoms with Crippen molar-refractivity contribution in [3.05, 3.63) is 23.5 Å². The van der Waals surface area contributed by atoms with Gasteiger partial charge in [0.1, 0.15) is 5.15 Å². The van der Waals surface area contributed by atoms with Gasteiger partial charge in [-0.25, -0.2) is 4.98 Å². The number of aliphatic hydroxyl groups is 1. The lowest BCUT2D eigenvalue weighted by Gasteiger charge is -2.19. The van der Waals surface area contributed by atoms with Gasteiger partial charge in [-0.15, -0.1) is 0 Å². The van der Waals surface area contributed by atoms with Crippen molar-refractivity contribution in [2.45, 2.75) is 19.4 Å². The maximum absolute atomic E-state index is 9.51. The molecular weight excluding hydrogens is 212 g/mol. The molecule has 1 aliphatic heterocycles. The van der Waals surface area contributed by atoms with Crippen molar-refractivity contribution in [1.29, 1.82) is 0 Å². The van der Waals surface area contributed by atoms with Gasteiger partial charge in [0.2, 0.25) is 0 Å². The van der Waals surface area contributed by atoms with Gasteiger partial charge in [0, 0.05) is 30.9 Å². The van der Waals surface area contributed by atoms with E-state index in [1.807, 2.05) is 19.1 Å². The number of anilines is 1. The SMILES string of the molecule is CC(O)C1CCN(c2ccnc(Cl)c2)C1. The molecule has 0 amide bonds. The highest BCUT2D eigenvalue weighted by Gasteiger charge is 2.26. The first-order valence-corrected chi connectivity index (χ1v) is 5.59. The van der Waals surface area contributed by atoms with Gasteiger partial charge in [0.25, 0.3) is 0 Å². The Hall–Kier alpha value is -0.800. The summed E-state index contributed by atoms with van der Waals surface area (Å²) in [6.07, 6.45) is 2.53. The molecule has 1 N–H and O–H groups in total. The van der Waals surface area contributed by atoms with Crippen molar-refractivity contribution in [2.24, 2.45) is 5.92 Å². The maximum atomic E-state index is 9.51. The minimum Gasteiger partial charge on any atom is -0.393 e. The standard InChI is InChI=1S/C11H15ClN2O/c1-8(15)9-3-5-14(7-9)10-2-4-13-11(12)6-10/h2,4,6,8-9,15H,3,5,7H2,1H3. The Kier molecular flexibility index (Phi) is 3.12. The van der Waals surface area contributed by atoms with Gasteiger partial charge in [0.15, 0.2) is 0 Å². The summed E-state index contributed by atoms with van der Waals surface area (Å²) >= 11 is 5.84. The van der Waals surface area contributed by atoms with Gasteiger partial charge in [-0.3, -0.25) is 0 Å². The number of halogens is 1. The topological polar surface area (TPSA) is 36.4 Å². The summed E-state index contributed by atoms with van der Waals surface area (Å²) in [4.78, 5) is 6.20. The van der Waals surface area contributed by atoms with Crippen LogP contribution in [0.1, 0.15) is 13.3 Å². The number of rotatable bonds is 2. The second kappa shape index (κ2) is 4.37. The molecule has 2 unspecified atom stereocenters. The highest BCUT2D eigenvalue weighted by Crippen LogP contribution is 2.26. The Morgan fingerprint density at radius 2 is 2.47 bits per heavy atom. The smallest absolute Gasteiger partial charge is 0.131 e. The zero-order chi connectivity index (χ0) is 10.8. The van der Waals surface area contributed by atoms with Crippen molar-refractivity contribution >= 4 is 17.3 Å². The normalized spacial score (nSPS) is 23.1. The highest BCUT2D eigenvalue weighted by molar-refractivity contribution is 6.29. The van der Waals surface area contributed by atoms with Gasteiger partial charge < -0.3 is 10.0 Å². The Labute approximate surface area is 94.7 Å². The molecule has 1 aromatic rings. The van der Waals surface area contributed by atoms with Crippen LogP contribution in [0.3, 0.4) is 0 Å². The fourth-order valence-electron chi connectivity index (χ4n) is 2.00. The van der Waals surface area contributed by atoms with Gasteiger partial charge in [-0.1, -0.05) is 11.6 Å². The molecule has 1 aliphatic rings. The van der Waals surface area contributed by atoms with Crippen molar-refractivity contribution in [3.63, 3.8) is 0 Å². The molecule has 0 saturated carbocycles. The molecule has 0 spiro atoms. The van der Waals surface area contributed by atoms with Gasteiger partial charge in [0.05, 0.1) is 6.10 Å². The van der Waals surface area contributed by atoms with Crippen LogP contribution in [0, 0.1) is 5.92 Å². The van der Waals surface area contributed by atoms with E-state index < -0.39 is 0 Å². The predicted molar refractivity (Wildman–Crippen MR) is 61.2 cm³/mol. The first-order chi connectivity index (χ1) is 7.16. The lowest BCUT2D eigenvalue weighted by molar-refractivity contribution is 0.136. The zero-order valence-electron chi connectivity index (χ0n) is 8.73. The zero-order valence-corrected chi connectivity index (χ0v) is 9.48. The van der Waals surface area contributed by atoms with E-state index in [0.29, 0.717) is 11.1 Å². The number of hydrogen-bond donors (Lipinski definition) is 1. The second-order valence-electron chi connectivity index (χ2n) is 4.07. The number of aromatic nitrogens is 1. The molecule has 1 aromatic heterocycles. The largest absolute Gasteiger partial charge is 0.393 e. The molecule has 2 heterocycles. The molecule has 0 radical (unpaired) electrons. The van der Waals surface area contributed by atoms with Crippen LogP contribution in [-0.4, -0.2) is 29.3 Å². The van der Waals surface area contributed by atoms with Gasteiger partial charge in [-0.05, 0) is 25.5 Å². The van der Waals surface area contributed by atoms with Gasteiger partial charge >= 0.3 is 0 Å². The van der Waals surface area contributed by atoms with Crippen LogP contribution in [0.4, 0.5) is 5.69 Å². The van der Waals surface area contributed by atoms with Crippen LogP contribution in [0.2, 0.25) is 5.15 Å². The van der Waals surface area contributed by atoms with Gasteiger partial charge in [-0.2, -0.15) is 0 Å². The van der Waals surface area contributed by atoms with E-state index in [1.165, 1.54) is 0 Å². The van der Waals surface area contributed by atoms with E-state index >= 15 is 0 Å². The molecule has 2 atom stereocenters. The van der Waals surface area contributed by atoms with Crippen molar-refractivity contribution < 1.29 is 5.11 Å².